The van der Waals surface area contributed by atoms with Gasteiger partial charge in [0.2, 0.25) is 0 Å². The third-order valence-corrected chi connectivity index (χ3v) is 3.75. The maximum Gasteiger partial charge on any atom is 0.165 e. The van der Waals surface area contributed by atoms with Crippen LogP contribution in [0.15, 0.2) is 12.1 Å². The monoisotopic (exact) mass is 297 g/mol. The Morgan fingerprint density at radius 1 is 1.35 bits per heavy atom. The number of hydrogen-bond acceptors (Lipinski definition) is 3. The summed E-state index contributed by atoms with van der Waals surface area (Å²) < 4.78 is 11.4. The molecule has 20 heavy (non-hydrogen) atoms. The van der Waals surface area contributed by atoms with Crippen LogP contribution in [0.25, 0.3) is 0 Å². The SMILES string of the molecule is CCCNCc1cc(Cl)cc(OC)c1OCCC1CC1. The summed E-state index contributed by atoms with van der Waals surface area (Å²) in [6.07, 6.45) is 4.95. The molecule has 0 aromatic heterocycles. The van der Waals surface area contributed by atoms with Crippen molar-refractivity contribution in [2.75, 3.05) is 20.3 Å². The Hall–Kier alpha value is -0.930. The molecule has 1 fully saturated rings. The summed E-state index contributed by atoms with van der Waals surface area (Å²) in [5, 5.41) is 4.07. The Labute approximate surface area is 126 Å². The summed E-state index contributed by atoms with van der Waals surface area (Å²) in [5.74, 6) is 2.43. The Bertz CT molecular complexity index is 433. The summed E-state index contributed by atoms with van der Waals surface area (Å²) in [6.45, 7) is 4.64. The van der Waals surface area contributed by atoms with Crippen molar-refractivity contribution in [2.24, 2.45) is 5.92 Å². The summed E-state index contributed by atoms with van der Waals surface area (Å²) in [6, 6.07) is 3.77. The number of nitrogens with one attached hydrogen (secondary N) is 1. The van der Waals surface area contributed by atoms with E-state index in [9.17, 15) is 0 Å². The smallest absolute Gasteiger partial charge is 0.165 e. The highest BCUT2D eigenvalue weighted by atomic mass is 35.5. The molecule has 1 N–H and O–H groups in total. The van der Waals surface area contributed by atoms with Gasteiger partial charge in [0, 0.05) is 23.2 Å². The number of halogens is 1. The molecule has 0 radical (unpaired) electrons. The van der Waals surface area contributed by atoms with Gasteiger partial charge in [-0.15, -0.1) is 0 Å². The van der Waals surface area contributed by atoms with Crippen molar-refractivity contribution in [1.29, 1.82) is 0 Å². The van der Waals surface area contributed by atoms with E-state index in [0.717, 1.165) is 55.5 Å². The fourth-order valence-corrected chi connectivity index (χ4v) is 2.43. The van der Waals surface area contributed by atoms with Gasteiger partial charge in [0.25, 0.3) is 0 Å². The van der Waals surface area contributed by atoms with E-state index in [-0.39, 0.29) is 0 Å². The van der Waals surface area contributed by atoms with Crippen molar-refractivity contribution >= 4 is 11.6 Å². The number of benzene rings is 1. The zero-order valence-corrected chi connectivity index (χ0v) is 13.1. The topological polar surface area (TPSA) is 30.5 Å². The molecule has 112 valence electrons. The van der Waals surface area contributed by atoms with Gasteiger partial charge in [-0.3, -0.25) is 0 Å². The molecule has 1 aromatic carbocycles. The van der Waals surface area contributed by atoms with Gasteiger partial charge in [0.15, 0.2) is 11.5 Å². The highest BCUT2D eigenvalue weighted by molar-refractivity contribution is 6.30. The van der Waals surface area contributed by atoms with E-state index < -0.39 is 0 Å². The highest BCUT2D eigenvalue weighted by Crippen LogP contribution is 2.36. The van der Waals surface area contributed by atoms with E-state index in [0.29, 0.717) is 5.02 Å². The van der Waals surface area contributed by atoms with Crippen molar-refractivity contribution < 1.29 is 9.47 Å². The van der Waals surface area contributed by atoms with E-state index in [2.05, 4.69) is 12.2 Å². The van der Waals surface area contributed by atoms with Crippen LogP contribution in [0, 0.1) is 5.92 Å². The molecule has 1 aromatic rings. The van der Waals surface area contributed by atoms with E-state index >= 15 is 0 Å². The lowest BCUT2D eigenvalue weighted by Crippen LogP contribution is -2.15. The predicted molar refractivity (Wildman–Crippen MR) is 82.8 cm³/mol. The molecule has 0 spiro atoms. The van der Waals surface area contributed by atoms with Crippen LogP contribution in [0.2, 0.25) is 5.02 Å². The summed E-state index contributed by atoms with van der Waals surface area (Å²) in [4.78, 5) is 0. The Kier molecular flexibility index (Phi) is 5.99. The van der Waals surface area contributed by atoms with Crippen LogP contribution < -0.4 is 14.8 Å². The maximum atomic E-state index is 6.14. The van der Waals surface area contributed by atoms with Crippen LogP contribution in [0.5, 0.6) is 11.5 Å². The second-order valence-electron chi connectivity index (χ2n) is 5.35. The number of rotatable bonds is 9. The average molecular weight is 298 g/mol. The lowest BCUT2D eigenvalue weighted by Gasteiger charge is -2.16. The molecule has 4 heteroatoms. The van der Waals surface area contributed by atoms with Gasteiger partial charge in [-0.2, -0.15) is 0 Å². The minimum absolute atomic E-state index is 0.685. The van der Waals surface area contributed by atoms with Crippen LogP contribution in [-0.2, 0) is 6.54 Å². The molecule has 1 aliphatic carbocycles. The molecule has 2 rings (SSSR count). The predicted octanol–water partition coefficient (Wildman–Crippen LogP) is 4.03. The van der Waals surface area contributed by atoms with Gasteiger partial charge >= 0.3 is 0 Å². The average Bonchev–Trinajstić information content (AvgIpc) is 3.25. The zero-order valence-electron chi connectivity index (χ0n) is 12.4. The van der Waals surface area contributed by atoms with E-state index in [1.807, 2.05) is 12.1 Å². The fraction of sp³-hybridized carbons (Fsp3) is 0.625. The van der Waals surface area contributed by atoms with Crippen molar-refractivity contribution in [1.82, 2.24) is 5.32 Å². The first-order valence-electron chi connectivity index (χ1n) is 7.44. The number of ether oxygens (including phenoxy) is 2. The van der Waals surface area contributed by atoms with Gasteiger partial charge < -0.3 is 14.8 Å². The van der Waals surface area contributed by atoms with Crippen molar-refractivity contribution in [2.45, 2.75) is 39.2 Å². The quantitative estimate of drug-likeness (QED) is 0.698. The Morgan fingerprint density at radius 3 is 2.80 bits per heavy atom. The minimum atomic E-state index is 0.685. The molecule has 3 nitrogen and oxygen atoms in total. The maximum absolute atomic E-state index is 6.14. The molecule has 0 atom stereocenters. The largest absolute Gasteiger partial charge is 0.493 e. The van der Waals surface area contributed by atoms with Gasteiger partial charge in [-0.05, 0) is 31.4 Å². The number of hydrogen-bond donors (Lipinski definition) is 1. The first-order chi connectivity index (χ1) is 9.74. The van der Waals surface area contributed by atoms with Crippen molar-refractivity contribution in [3.8, 4) is 11.5 Å². The summed E-state index contributed by atoms with van der Waals surface area (Å²) in [7, 11) is 1.66. The number of methoxy groups -OCH3 is 1. The minimum Gasteiger partial charge on any atom is -0.493 e. The highest BCUT2D eigenvalue weighted by Gasteiger charge is 2.21. The lowest BCUT2D eigenvalue weighted by atomic mass is 10.1. The van der Waals surface area contributed by atoms with Gasteiger partial charge in [0.1, 0.15) is 0 Å². The molecule has 1 aliphatic rings. The standard InChI is InChI=1S/C16H24ClNO2/c1-3-7-18-11-13-9-14(17)10-15(19-2)16(13)20-8-6-12-4-5-12/h9-10,12,18H,3-8,11H2,1-2H3. The second-order valence-corrected chi connectivity index (χ2v) is 5.79. The normalized spacial score (nSPS) is 14.3. The molecule has 1 saturated carbocycles. The first-order valence-corrected chi connectivity index (χ1v) is 7.82. The lowest BCUT2D eigenvalue weighted by molar-refractivity contribution is 0.279. The molecule has 0 aliphatic heterocycles. The van der Waals surface area contributed by atoms with Crippen LogP contribution in [-0.4, -0.2) is 20.3 Å². The van der Waals surface area contributed by atoms with Crippen LogP contribution in [0.4, 0.5) is 0 Å². The van der Waals surface area contributed by atoms with Gasteiger partial charge in [0.05, 0.1) is 13.7 Å². The van der Waals surface area contributed by atoms with Gasteiger partial charge in [-0.25, -0.2) is 0 Å². The van der Waals surface area contributed by atoms with Crippen LogP contribution in [0.1, 0.15) is 38.2 Å². The molecule has 0 bridgehead atoms. The molecule has 0 saturated heterocycles. The van der Waals surface area contributed by atoms with Gasteiger partial charge in [-0.1, -0.05) is 31.4 Å². The van der Waals surface area contributed by atoms with Crippen LogP contribution in [0.3, 0.4) is 0 Å². The second kappa shape index (κ2) is 7.75. The van der Waals surface area contributed by atoms with Crippen molar-refractivity contribution in [3.05, 3.63) is 22.7 Å². The third kappa shape index (κ3) is 4.57. The third-order valence-electron chi connectivity index (χ3n) is 3.53. The molecular formula is C16H24ClNO2. The van der Waals surface area contributed by atoms with E-state index in [1.54, 1.807) is 7.11 Å². The molecule has 0 unspecified atom stereocenters. The van der Waals surface area contributed by atoms with Crippen LogP contribution >= 0.6 is 11.6 Å². The first kappa shape index (κ1) is 15.5. The summed E-state index contributed by atoms with van der Waals surface area (Å²) in [5.41, 5.74) is 1.07. The molecular weight excluding hydrogens is 274 g/mol. The Morgan fingerprint density at radius 2 is 2.15 bits per heavy atom. The summed E-state index contributed by atoms with van der Waals surface area (Å²) >= 11 is 6.14. The van der Waals surface area contributed by atoms with E-state index in [4.69, 9.17) is 21.1 Å². The molecule has 0 heterocycles. The van der Waals surface area contributed by atoms with Crippen molar-refractivity contribution in [3.63, 3.8) is 0 Å². The Balaban J connectivity index is 2.05. The zero-order chi connectivity index (χ0) is 14.4. The molecule has 0 amide bonds. The van der Waals surface area contributed by atoms with E-state index in [1.165, 1.54) is 12.8 Å². The fourth-order valence-electron chi connectivity index (χ4n) is 2.20.